The van der Waals surface area contributed by atoms with E-state index in [0.29, 0.717) is 22.8 Å². The first-order chi connectivity index (χ1) is 15.2. The summed E-state index contributed by atoms with van der Waals surface area (Å²) in [6.45, 7) is 5.84. The number of carbonyl (C=O) groups is 1. The van der Waals surface area contributed by atoms with Crippen LogP contribution in [0.3, 0.4) is 0 Å². The molecular weight excluding hydrogens is 428 g/mol. The molecule has 8 nitrogen and oxygen atoms in total. The van der Waals surface area contributed by atoms with Crippen LogP contribution in [-0.2, 0) is 21.2 Å². The van der Waals surface area contributed by atoms with Crippen LogP contribution < -0.4 is 14.8 Å². The molecule has 0 radical (unpaired) electrons. The molecule has 0 aliphatic rings. The van der Waals surface area contributed by atoms with Gasteiger partial charge in [0, 0.05) is 17.1 Å². The Labute approximate surface area is 188 Å². The van der Waals surface area contributed by atoms with Crippen LogP contribution in [-0.4, -0.2) is 30.9 Å². The second-order valence-electron chi connectivity index (χ2n) is 7.25. The largest absolute Gasteiger partial charge is 0.493 e. The number of nitrogens with one attached hydrogen (secondary N) is 2. The molecule has 2 N–H and O–H groups in total. The first-order valence-electron chi connectivity index (χ1n) is 10.2. The molecule has 0 bridgehead atoms. The number of hydrogen-bond acceptors (Lipinski definition) is 6. The number of rotatable bonds is 9. The predicted octanol–water partition coefficient (Wildman–Crippen LogP) is 3.86. The molecule has 0 fully saturated rings. The van der Waals surface area contributed by atoms with Gasteiger partial charge in [0.25, 0.3) is 10.0 Å². The van der Waals surface area contributed by atoms with Gasteiger partial charge in [0.15, 0.2) is 0 Å². The van der Waals surface area contributed by atoms with Gasteiger partial charge in [0.1, 0.15) is 5.75 Å². The smallest absolute Gasteiger partial charge is 0.264 e. The molecular formula is C23H26N4O4S. The minimum Gasteiger partial charge on any atom is -0.493 e. The molecule has 9 heteroatoms. The van der Waals surface area contributed by atoms with Crippen LogP contribution in [0, 0.1) is 13.8 Å². The van der Waals surface area contributed by atoms with Gasteiger partial charge in [-0.1, -0.05) is 19.1 Å². The summed E-state index contributed by atoms with van der Waals surface area (Å²) < 4.78 is 33.1. The fraction of sp³-hybridized carbons (Fsp3) is 0.261. The Hall–Kier alpha value is -3.46. The summed E-state index contributed by atoms with van der Waals surface area (Å²) >= 11 is 0. The van der Waals surface area contributed by atoms with Gasteiger partial charge in [-0.2, -0.15) is 0 Å². The highest BCUT2D eigenvalue weighted by atomic mass is 32.2. The predicted molar refractivity (Wildman–Crippen MR) is 123 cm³/mol. The number of anilines is 2. The minimum absolute atomic E-state index is 0.0178. The number of nitrogens with zero attached hydrogens (tertiary/aromatic N) is 2. The molecule has 0 aliphatic heterocycles. The van der Waals surface area contributed by atoms with Gasteiger partial charge in [0.05, 0.1) is 17.9 Å². The second-order valence-corrected chi connectivity index (χ2v) is 8.93. The van der Waals surface area contributed by atoms with Crippen molar-refractivity contribution >= 4 is 27.6 Å². The van der Waals surface area contributed by atoms with Crippen LogP contribution in [0.25, 0.3) is 0 Å². The van der Waals surface area contributed by atoms with Crippen molar-refractivity contribution in [2.45, 2.75) is 38.5 Å². The Balaban J connectivity index is 1.53. The van der Waals surface area contributed by atoms with Crippen LogP contribution in [0.5, 0.6) is 5.75 Å². The normalized spacial score (nSPS) is 11.1. The first-order valence-corrected chi connectivity index (χ1v) is 11.7. The van der Waals surface area contributed by atoms with Crippen molar-refractivity contribution in [3.8, 4) is 5.75 Å². The molecule has 3 aromatic rings. The summed E-state index contributed by atoms with van der Waals surface area (Å²) in [5.41, 5.74) is 3.03. The third-order valence-corrected chi connectivity index (χ3v) is 5.93. The molecule has 168 valence electrons. The molecule has 0 saturated carbocycles. The van der Waals surface area contributed by atoms with Gasteiger partial charge in [-0.25, -0.2) is 23.1 Å². The molecule has 1 aromatic heterocycles. The van der Waals surface area contributed by atoms with E-state index in [4.69, 9.17) is 4.74 Å². The third-order valence-electron chi connectivity index (χ3n) is 4.59. The lowest BCUT2D eigenvalue weighted by molar-refractivity contribution is -0.116. The number of carbonyl (C=O) groups excluding carboxylic acids is 1. The zero-order chi connectivity index (χ0) is 23.1. The van der Waals surface area contributed by atoms with Crippen LogP contribution in [0.4, 0.5) is 11.6 Å². The van der Waals surface area contributed by atoms with Crippen molar-refractivity contribution in [1.82, 2.24) is 9.97 Å². The molecule has 2 aromatic carbocycles. The van der Waals surface area contributed by atoms with Crippen molar-refractivity contribution in [2.24, 2.45) is 0 Å². The summed E-state index contributed by atoms with van der Waals surface area (Å²) in [5, 5.41) is 2.73. The maximum absolute atomic E-state index is 12.6. The fourth-order valence-corrected chi connectivity index (χ4v) is 3.92. The van der Waals surface area contributed by atoms with E-state index in [1.54, 1.807) is 19.9 Å². The van der Waals surface area contributed by atoms with Gasteiger partial charge in [-0.05, 0) is 68.3 Å². The highest BCUT2D eigenvalue weighted by molar-refractivity contribution is 7.92. The van der Waals surface area contributed by atoms with E-state index >= 15 is 0 Å². The Morgan fingerprint density at radius 3 is 2.19 bits per heavy atom. The molecule has 0 spiro atoms. The molecule has 0 atom stereocenters. The topological polar surface area (TPSA) is 110 Å². The lowest BCUT2D eigenvalue weighted by atomic mass is 10.2. The zero-order valence-corrected chi connectivity index (χ0v) is 19.1. The van der Waals surface area contributed by atoms with E-state index in [9.17, 15) is 13.2 Å². The van der Waals surface area contributed by atoms with Gasteiger partial charge < -0.3 is 10.1 Å². The van der Waals surface area contributed by atoms with Crippen molar-refractivity contribution in [1.29, 1.82) is 0 Å². The summed E-state index contributed by atoms with van der Waals surface area (Å²) in [5.74, 6) is 0.501. The summed E-state index contributed by atoms with van der Waals surface area (Å²) in [4.78, 5) is 20.4. The minimum atomic E-state index is -3.85. The molecule has 0 aliphatic carbocycles. The van der Waals surface area contributed by atoms with Crippen LogP contribution in [0.15, 0.2) is 59.5 Å². The Morgan fingerprint density at radius 1 is 0.969 bits per heavy atom. The lowest BCUT2D eigenvalue weighted by Crippen LogP contribution is -2.17. The van der Waals surface area contributed by atoms with Crippen molar-refractivity contribution < 1.29 is 17.9 Å². The van der Waals surface area contributed by atoms with E-state index in [-0.39, 0.29) is 29.8 Å². The average molecular weight is 455 g/mol. The number of ether oxygens (including phenoxy) is 1. The SMILES string of the molecule is CCc1ccc(OCCC(=O)Nc2ccc(S(=O)(=O)Nc3nc(C)cc(C)n3)cc2)cc1. The van der Waals surface area contributed by atoms with E-state index in [0.717, 1.165) is 6.42 Å². The summed E-state index contributed by atoms with van der Waals surface area (Å²) in [6, 6.07) is 15.4. The van der Waals surface area contributed by atoms with Crippen LogP contribution >= 0.6 is 0 Å². The molecule has 1 amide bonds. The molecule has 1 heterocycles. The second kappa shape index (κ2) is 10.2. The average Bonchev–Trinajstić information content (AvgIpc) is 2.73. The highest BCUT2D eigenvalue weighted by Crippen LogP contribution is 2.18. The molecule has 32 heavy (non-hydrogen) atoms. The fourth-order valence-electron chi connectivity index (χ4n) is 2.97. The van der Waals surface area contributed by atoms with Gasteiger partial charge >= 0.3 is 0 Å². The van der Waals surface area contributed by atoms with Crippen molar-refractivity contribution in [2.75, 3.05) is 16.6 Å². The maximum atomic E-state index is 12.6. The standard InChI is InChI=1S/C23H26N4O4S/c1-4-18-5-9-20(10-6-18)31-14-13-22(28)26-19-7-11-21(12-8-19)32(29,30)27-23-24-16(2)15-17(3)25-23/h5-12,15H,4,13-14H2,1-3H3,(H,26,28)(H,24,25,27). The van der Waals surface area contributed by atoms with Gasteiger partial charge in [0.2, 0.25) is 11.9 Å². The van der Waals surface area contributed by atoms with Crippen LogP contribution in [0.1, 0.15) is 30.3 Å². The Bertz CT molecular complexity index is 1160. The van der Waals surface area contributed by atoms with E-state index in [2.05, 4.69) is 26.9 Å². The first kappa shape index (κ1) is 23.2. The third kappa shape index (κ3) is 6.52. The molecule has 0 unspecified atom stereocenters. The van der Waals surface area contributed by atoms with E-state index in [1.807, 2.05) is 24.3 Å². The molecule has 3 rings (SSSR count). The van der Waals surface area contributed by atoms with Gasteiger partial charge in [-0.15, -0.1) is 0 Å². The van der Waals surface area contributed by atoms with E-state index in [1.165, 1.54) is 29.8 Å². The number of aromatic nitrogens is 2. The van der Waals surface area contributed by atoms with Crippen molar-refractivity contribution in [3.05, 3.63) is 71.5 Å². The molecule has 0 saturated heterocycles. The summed E-state index contributed by atoms with van der Waals surface area (Å²) in [6.07, 6.45) is 1.12. The van der Waals surface area contributed by atoms with Gasteiger partial charge in [-0.3, -0.25) is 4.79 Å². The van der Waals surface area contributed by atoms with E-state index < -0.39 is 10.0 Å². The lowest BCUT2D eigenvalue weighted by Gasteiger charge is -2.10. The number of benzene rings is 2. The summed E-state index contributed by atoms with van der Waals surface area (Å²) in [7, 11) is -3.85. The maximum Gasteiger partial charge on any atom is 0.264 e. The quantitative estimate of drug-likeness (QED) is 0.508. The van der Waals surface area contributed by atoms with Crippen molar-refractivity contribution in [3.63, 3.8) is 0 Å². The highest BCUT2D eigenvalue weighted by Gasteiger charge is 2.16. The monoisotopic (exact) mass is 454 g/mol. The number of hydrogen-bond donors (Lipinski definition) is 2. The Morgan fingerprint density at radius 2 is 1.59 bits per heavy atom. The number of aryl methyl sites for hydroxylation is 3. The Kier molecular flexibility index (Phi) is 7.42. The number of sulfonamides is 1. The van der Waals surface area contributed by atoms with Crippen LogP contribution in [0.2, 0.25) is 0 Å². The zero-order valence-electron chi connectivity index (χ0n) is 18.3. The number of amides is 1.